The van der Waals surface area contributed by atoms with Gasteiger partial charge >= 0.3 is 5.97 Å². The zero-order valence-electron chi connectivity index (χ0n) is 18.5. The van der Waals surface area contributed by atoms with E-state index in [2.05, 4.69) is 11.8 Å². The number of nitrogens with zero attached hydrogens (tertiary/aromatic N) is 1. The Bertz CT molecular complexity index is 779. The van der Waals surface area contributed by atoms with Crippen LogP contribution < -0.4 is 4.74 Å². The first-order chi connectivity index (χ1) is 15.1. The van der Waals surface area contributed by atoms with Crippen molar-refractivity contribution in [3.8, 4) is 5.75 Å². The zero-order chi connectivity index (χ0) is 21.4. The highest BCUT2D eigenvalue weighted by Crippen LogP contribution is 2.60. The molecule has 170 valence electrons. The van der Waals surface area contributed by atoms with Crippen molar-refractivity contribution < 1.29 is 23.4 Å². The van der Waals surface area contributed by atoms with Crippen LogP contribution in [0.3, 0.4) is 0 Å². The Hall–Kier alpha value is -1.66. The lowest BCUT2D eigenvalue weighted by Gasteiger charge is -2.60. The molecule has 1 aliphatic heterocycles. The maximum atomic E-state index is 14.8. The highest BCUT2D eigenvalue weighted by atomic mass is 19.1. The molecule has 5 nitrogen and oxygen atoms in total. The molecule has 4 bridgehead atoms. The van der Waals surface area contributed by atoms with E-state index in [4.69, 9.17) is 14.2 Å². The minimum Gasteiger partial charge on any atom is -0.484 e. The van der Waals surface area contributed by atoms with Gasteiger partial charge in [0.25, 0.3) is 0 Å². The van der Waals surface area contributed by atoms with Gasteiger partial charge in [0.15, 0.2) is 11.6 Å². The highest BCUT2D eigenvalue weighted by molar-refractivity contribution is 5.89. The molecule has 5 aliphatic rings. The van der Waals surface area contributed by atoms with E-state index in [0.29, 0.717) is 30.6 Å². The van der Waals surface area contributed by atoms with E-state index in [1.165, 1.54) is 44.2 Å². The summed E-state index contributed by atoms with van der Waals surface area (Å²) < 4.78 is 32.1. The van der Waals surface area contributed by atoms with Gasteiger partial charge in [-0.15, -0.1) is 0 Å². The van der Waals surface area contributed by atoms with Gasteiger partial charge in [0, 0.05) is 19.6 Å². The minimum atomic E-state index is -0.422. The van der Waals surface area contributed by atoms with Crippen molar-refractivity contribution in [3.05, 3.63) is 29.6 Å². The summed E-state index contributed by atoms with van der Waals surface area (Å²) >= 11 is 0. The number of carbonyl (C=O) groups is 1. The van der Waals surface area contributed by atoms with Crippen LogP contribution in [0.25, 0.3) is 0 Å². The maximum Gasteiger partial charge on any atom is 0.338 e. The van der Waals surface area contributed by atoms with Crippen molar-refractivity contribution in [1.29, 1.82) is 0 Å². The Morgan fingerprint density at radius 2 is 1.81 bits per heavy atom. The van der Waals surface area contributed by atoms with Gasteiger partial charge in [0.2, 0.25) is 0 Å². The van der Waals surface area contributed by atoms with Gasteiger partial charge in [-0.05, 0) is 80.4 Å². The monoisotopic (exact) mass is 431 g/mol. The number of hydrogen-bond acceptors (Lipinski definition) is 5. The van der Waals surface area contributed by atoms with E-state index in [0.717, 1.165) is 44.6 Å². The molecular formula is C25H34FNO4. The van der Waals surface area contributed by atoms with Gasteiger partial charge in [-0.3, -0.25) is 4.90 Å². The van der Waals surface area contributed by atoms with Crippen LogP contribution in [0.4, 0.5) is 4.39 Å². The molecule has 31 heavy (non-hydrogen) atoms. The summed E-state index contributed by atoms with van der Waals surface area (Å²) in [7, 11) is 0. The summed E-state index contributed by atoms with van der Waals surface area (Å²) in [5.41, 5.74) is 0.0566. The Morgan fingerprint density at radius 1 is 1.13 bits per heavy atom. The van der Waals surface area contributed by atoms with Gasteiger partial charge in [0.05, 0.1) is 18.8 Å². The summed E-state index contributed by atoms with van der Waals surface area (Å²) in [6, 6.07) is 4.39. The molecule has 4 aliphatic carbocycles. The van der Waals surface area contributed by atoms with E-state index in [9.17, 15) is 9.18 Å². The minimum absolute atomic E-state index is 0.206. The second kappa shape index (κ2) is 8.70. The molecule has 1 saturated heterocycles. The zero-order valence-corrected chi connectivity index (χ0v) is 18.5. The number of carbonyl (C=O) groups excluding carboxylic acids is 1. The van der Waals surface area contributed by atoms with Crippen molar-refractivity contribution in [2.75, 3.05) is 39.5 Å². The number of halogens is 1. The predicted molar refractivity (Wildman–Crippen MR) is 115 cm³/mol. The van der Waals surface area contributed by atoms with Gasteiger partial charge in [-0.1, -0.05) is 6.92 Å². The summed E-state index contributed by atoms with van der Waals surface area (Å²) in [6.45, 7) is 6.32. The third-order valence-electron chi connectivity index (χ3n) is 8.28. The largest absolute Gasteiger partial charge is 0.484 e. The lowest BCUT2D eigenvalue weighted by Crippen LogP contribution is -2.60. The Morgan fingerprint density at radius 3 is 2.45 bits per heavy atom. The first-order valence-corrected chi connectivity index (χ1v) is 12.0. The molecule has 0 N–H and O–H groups in total. The van der Waals surface area contributed by atoms with Crippen LogP contribution in [0, 0.1) is 29.5 Å². The van der Waals surface area contributed by atoms with Gasteiger partial charge in [-0.2, -0.15) is 0 Å². The van der Waals surface area contributed by atoms with Crippen LogP contribution in [0.1, 0.15) is 55.8 Å². The number of ether oxygens (including phenoxy) is 3. The molecule has 1 aromatic carbocycles. The average Bonchev–Trinajstić information content (AvgIpc) is 2.78. The van der Waals surface area contributed by atoms with E-state index in [1.54, 1.807) is 6.07 Å². The van der Waals surface area contributed by atoms with Crippen molar-refractivity contribution in [3.63, 3.8) is 0 Å². The number of esters is 1. The molecule has 0 spiro atoms. The fourth-order valence-corrected chi connectivity index (χ4v) is 6.89. The standard InChI is InChI=1S/C25H34FNO4/c1-2-25(20-12-17-11-18(14-20)15-21(25)13-17)31-23-16-19(3-4-22(23)26)24(28)30-10-7-27-5-8-29-9-6-27/h3-4,16-18,20-21H,2,5-15H2,1H3. The Labute approximate surface area is 184 Å². The molecule has 0 amide bonds. The molecule has 4 saturated carbocycles. The van der Waals surface area contributed by atoms with Crippen LogP contribution in [0.5, 0.6) is 5.75 Å². The normalized spacial score (nSPS) is 34.6. The van der Waals surface area contributed by atoms with Crippen LogP contribution in [-0.4, -0.2) is 55.9 Å². The van der Waals surface area contributed by atoms with Crippen molar-refractivity contribution in [2.24, 2.45) is 23.7 Å². The van der Waals surface area contributed by atoms with Crippen molar-refractivity contribution in [1.82, 2.24) is 4.90 Å². The second-order valence-corrected chi connectivity index (χ2v) is 9.95. The molecule has 0 aromatic heterocycles. The Balaban J connectivity index is 1.26. The highest BCUT2D eigenvalue weighted by Gasteiger charge is 2.58. The third-order valence-corrected chi connectivity index (χ3v) is 8.28. The lowest BCUT2D eigenvalue weighted by atomic mass is 9.49. The molecule has 0 atom stereocenters. The van der Waals surface area contributed by atoms with Gasteiger partial charge < -0.3 is 14.2 Å². The fraction of sp³-hybridized carbons (Fsp3) is 0.720. The van der Waals surface area contributed by atoms with Crippen LogP contribution in [0.2, 0.25) is 0 Å². The van der Waals surface area contributed by atoms with Crippen LogP contribution in [-0.2, 0) is 9.47 Å². The summed E-state index contributed by atoms with van der Waals surface area (Å²) in [5, 5.41) is 0. The first kappa shape index (κ1) is 21.2. The number of hydrogen-bond donors (Lipinski definition) is 0. The lowest BCUT2D eigenvalue weighted by molar-refractivity contribution is -0.159. The SMILES string of the molecule is CCC1(Oc2cc(C(=O)OCCN3CCOCC3)ccc2F)C2CC3CC(C2)CC1C3. The van der Waals surface area contributed by atoms with Crippen LogP contribution in [0.15, 0.2) is 18.2 Å². The molecule has 0 unspecified atom stereocenters. The van der Waals surface area contributed by atoms with E-state index < -0.39 is 11.8 Å². The summed E-state index contributed by atoms with van der Waals surface area (Å²) in [4.78, 5) is 14.8. The smallest absolute Gasteiger partial charge is 0.338 e. The number of rotatable bonds is 7. The van der Waals surface area contributed by atoms with Gasteiger partial charge in [0.1, 0.15) is 12.2 Å². The number of morpholine rings is 1. The number of benzene rings is 1. The molecule has 1 aromatic rings. The summed E-state index contributed by atoms with van der Waals surface area (Å²) in [5.74, 6) is 2.03. The summed E-state index contributed by atoms with van der Waals surface area (Å²) in [6.07, 6.45) is 7.05. The topological polar surface area (TPSA) is 48.0 Å². The van der Waals surface area contributed by atoms with E-state index in [-0.39, 0.29) is 11.4 Å². The van der Waals surface area contributed by atoms with Crippen LogP contribution >= 0.6 is 0 Å². The van der Waals surface area contributed by atoms with E-state index in [1.807, 2.05) is 0 Å². The molecule has 1 heterocycles. The molecular weight excluding hydrogens is 397 g/mol. The molecule has 6 rings (SSSR count). The predicted octanol–water partition coefficient (Wildman–Crippen LogP) is 4.30. The fourth-order valence-electron chi connectivity index (χ4n) is 6.89. The third kappa shape index (κ3) is 4.09. The van der Waals surface area contributed by atoms with Crippen molar-refractivity contribution >= 4 is 5.97 Å². The second-order valence-electron chi connectivity index (χ2n) is 9.95. The van der Waals surface area contributed by atoms with Crippen molar-refractivity contribution in [2.45, 2.75) is 51.0 Å². The molecule has 6 heteroatoms. The van der Waals surface area contributed by atoms with Gasteiger partial charge in [-0.25, -0.2) is 9.18 Å². The molecule has 0 radical (unpaired) electrons. The average molecular weight is 432 g/mol. The molecule has 5 fully saturated rings. The first-order valence-electron chi connectivity index (χ1n) is 12.0. The maximum absolute atomic E-state index is 14.8. The van der Waals surface area contributed by atoms with E-state index >= 15 is 0 Å². The quantitative estimate of drug-likeness (QED) is 0.603. The Kier molecular flexibility index (Phi) is 5.95.